The first-order chi connectivity index (χ1) is 8.86. The minimum absolute atomic E-state index is 0.0269. The Labute approximate surface area is 112 Å². The molecule has 2 aliphatic rings. The van der Waals surface area contributed by atoms with Crippen molar-refractivity contribution in [2.45, 2.75) is 39.2 Å². The molecule has 0 aromatic heterocycles. The molecule has 2 N–H and O–H groups in total. The lowest BCUT2D eigenvalue weighted by atomic mass is 9.76. The van der Waals surface area contributed by atoms with E-state index >= 15 is 0 Å². The second-order valence-corrected chi connectivity index (χ2v) is 5.78. The van der Waals surface area contributed by atoms with Crippen molar-refractivity contribution in [2.24, 2.45) is 11.3 Å². The molecule has 2 rings (SSSR count). The van der Waals surface area contributed by atoms with Crippen LogP contribution >= 0.6 is 0 Å². The molecule has 2 aliphatic heterocycles. The third kappa shape index (κ3) is 2.31. The third-order valence-corrected chi connectivity index (χ3v) is 4.44. The van der Waals surface area contributed by atoms with Gasteiger partial charge in [0.05, 0.1) is 5.41 Å². The molecule has 6 heteroatoms. The number of carbonyl (C=O) groups is 3. The standard InChI is InChI=1S/C13H20N2O4/c1-8(2)13(12(18)19)5-6-15(7-13)11(17)9-3-4-10(16)14-9/h8-9H,3-7H2,1-2H3,(H,14,16)(H,18,19). The molecule has 6 nitrogen and oxygen atoms in total. The molecule has 2 saturated heterocycles. The second-order valence-electron chi connectivity index (χ2n) is 5.78. The van der Waals surface area contributed by atoms with E-state index in [4.69, 9.17) is 0 Å². The van der Waals surface area contributed by atoms with E-state index in [1.807, 2.05) is 13.8 Å². The van der Waals surface area contributed by atoms with Crippen LogP contribution in [0.5, 0.6) is 0 Å². The topological polar surface area (TPSA) is 86.7 Å². The summed E-state index contributed by atoms with van der Waals surface area (Å²) in [4.78, 5) is 36.5. The minimum Gasteiger partial charge on any atom is -0.481 e. The SMILES string of the molecule is CC(C)C1(C(=O)O)CCN(C(=O)C2CCC(=O)N2)C1. The Morgan fingerprint density at radius 1 is 1.47 bits per heavy atom. The quantitative estimate of drug-likeness (QED) is 0.767. The Morgan fingerprint density at radius 2 is 2.16 bits per heavy atom. The minimum atomic E-state index is -0.849. The lowest BCUT2D eigenvalue weighted by Crippen LogP contribution is -2.46. The van der Waals surface area contributed by atoms with Gasteiger partial charge in [0.2, 0.25) is 11.8 Å². The summed E-state index contributed by atoms with van der Waals surface area (Å²) < 4.78 is 0. The van der Waals surface area contributed by atoms with Gasteiger partial charge in [-0.05, 0) is 18.8 Å². The fraction of sp³-hybridized carbons (Fsp3) is 0.769. The summed E-state index contributed by atoms with van der Waals surface area (Å²) in [7, 11) is 0. The van der Waals surface area contributed by atoms with Crippen molar-refractivity contribution >= 4 is 17.8 Å². The lowest BCUT2D eigenvalue weighted by molar-refractivity contribution is -0.151. The van der Waals surface area contributed by atoms with Crippen LogP contribution in [0.15, 0.2) is 0 Å². The van der Waals surface area contributed by atoms with Crippen molar-refractivity contribution < 1.29 is 19.5 Å². The Kier molecular flexibility index (Phi) is 3.52. The maximum atomic E-state index is 12.2. The molecule has 0 spiro atoms. The van der Waals surface area contributed by atoms with Gasteiger partial charge in [0, 0.05) is 19.5 Å². The summed E-state index contributed by atoms with van der Waals surface area (Å²) in [5, 5.41) is 12.1. The molecular weight excluding hydrogens is 248 g/mol. The van der Waals surface area contributed by atoms with Crippen LogP contribution in [0.1, 0.15) is 33.1 Å². The fourth-order valence-electron chi connectivity index (χ4n) is 2.93. The molecule has 2 unspecified atom stereocenters. The van der Waals surface area contributed by atoms with Crippen LogP contribution in [-0.4, -0.2) is 46.9 Å². The number of amides is 2. The van der Waals surface area contributed by atoms with Crippen LogP contribution in [0.25, 0.3) is 0 Å². The van der Waals surface area contributed by atoms with E-state index in [0.29, 0.717) is 25.8 Å². The van der Waals surface area contributed by atoms with Gasteiger partial charge < -0.3 is 15.3 Å². The van der Waals surface area contributed by atoms with Crippen molar-refractivity contribution in [3.63, 3.8) is 0 Å². The second kappa shape index (κ2) is 4.83. The molecule has 106 valence electrons. The van der Waals surface area contributed by atoms with Crippen LogP contribution in [0.4, 0.5) is 0 Å². The zero-order chi connectivity index (χ0) is 14.2. The van der Waals surface area contributed by atoms with E-state index in [1.165, 1.54) is 0 Å². The molecule has 0 radical (unpaired) electrons. The van der Waals surface area contributed by atoms with Crippen molar-refractivity contribution in [3.05, 3.63) is 0 Å². The van der Waals surface area contributed by atoms with Crippen molar-refractivity contribution in [3.8, 4) is 0 Å². The average Bonchev–Trinajstić information content (AvgIpc) is 2.94. The van der Waals surface area contributed by atoms with Crippen molar-refractivity contribution in [1.82, 2.24) is 10.2 Å². The van der Waals surface area contributed by atoms with Crippen LogP contribution < -0.4 is 5.32 Å². The molecule has 0 aromatic carbocycles. The molecule has 2 fully saturated rings. The highest BCUT2D eigenvalue weighted by atomic mass is 16.4. The van der Waals surface area contributed by atoms with Gasteiger partial charge in [0.1, 0.15) is 6.04 Å². The van der Waals surface area contributed by atoms with Gasteiger partial charge >= 0.3 is 5.97 Å². The molecule has 2 heterocycles. The number of nitrogens with one attached hydrogen (secondary N) is 1. The molecule has 19 heavy (non-hydrogen) atoms. The first-order valence-electron chi connectivity index (χ1n) is 6.68. The van der Waals surface area contributed by atoms with Crippen LogP contribution in [0, 0.1) is 11.3 Å². The number of nitrogens with zero attached hydrogens (tertiary/aromatic N) is 1. The van der Waals surface area contributed by atoms with Crippen molar-refractivity contribution in [1.29, 1.82) is 0 Å². The van der Waals surface area contributed by atoms with Gasteiger partial charge in [-0.1, -0.05) is 13.8 Å². The van der Waals surface area contributed by atoms with Gasteiger partial charge in [0.15, 0.2) is 0 Å². The highest BCUT2D eigenvalue weighted by Gasteiger charge is 2.49. The third-order valence-electron chi connectivity index (χ3n) is 4.44. The van der Waals surface area contributed by atoms with Crippen LogP contribution in [-0.2, 0) is 14.4 Å². The summed E-state index contributed by atoms with van der Waals surface area (Å²) >= 11 is 0. The molecule has 0 aromatic rings. The smallest absolute Gasteiger partial charge is 0.311 e. The number of carbonyl (C=O) groups excluding carboxylic acids is 2. The molecule has 0 aliphatic carbocycles. The van der Waals surface area contributed by atoms with E-state index in [0.717, 1.165) is 0 Å². The van der Waals surface area contributed by atoms with Crippen LogP contribution in [0.3, 0.4) is 0 Å². The summed E-state index contributed by atoms with van der Waals surface area (Å²) in [5.41, 5.74) is -0.849. The largest absolute Gasteiger partial charge is 0.481 e. The van der Waals surface area contributed by atoms with Crippen LogP contribution in [0.2, 0.25) is 0 Å². The van der Waals surface area contributed by atoms with Gasteiger partial charge in [-0.3, -0.25) is 14.4 Å². The van der Waals surface area contributed by atoms with E-state index in [1.54, 1.807) is 4.90 Å². The Hall–Kier alpha value is -1.59. The summed E-state index contributed by atoms with van der Waals surface area (Å²) in [5.74, 6) is -1.12. The predicted molar refractivity (Wildman–Crippen MR) is 67.3 cm³/mol. The highest BCUT2D eigenvalue weighted by Crippen LogP contribution is 2.38. The zero-order valence-corrected chi connectivity index (χ0v) is 11.3. The van der Waals surface area contributed by atoms with E-state index in [-0.39, 0.29) is 24.3 Å². The summed E-state index contributed by atoms with van der Waals surface area (Å²) in [6.45, 7) is 4.44. The first kappa shape index (κ1) is 13.8. The predicted octanol–water partition coefficient (Wildman–Crippen LogP) is 0.224. The summed E-state index contributed by atoms with van der Waals surface area (Å²) in [6.07, 6.45) is 1.36. The zero-order valence-electron chi connectivity index (χ0n) is 11.3. The Bertz CT molecular complexity index is 421. The normalized spacial score (nSPS) is 30.8. The Balaban J connectivity index is 2.07. The molecule has 0 saturated carbocycles. The average molecular weight is 268 g/mol. The lowest BCUT2D eigenvalue weighted by Gasteiger charge is -2.29. The van der Waals surface area contributed by atoms with E-state index < -0.39 is 17.4 Å². The molecule has 2 atom stereocenters. The number of hydrogen-bond acceptors (Lipinski definition) is 3. The molecule has 2 amide bonds. The highest BCUT2D eigenvalue weighted by molar-refractivity contribution is 5.91. The van der Waals surface area contributed by atoms with Gasteiger partial charge in [-0.2, -0.15) is 0 Å². The number of carboxylic acids is 1. The fourth-order valence-corrected chi connectivity index (χ4v) is 2.93. The maximum absolute atomic E-state index is 12.2. The number of rotatable bonds is 3. The first-order valence-corrected chi connectivity index (χ1v) is 6.68. The van der Waals surface area contributed by atoms with Gasteiger partial charge in [-0.25, -0.2) is 0 Å². The summed E-state index contributed by atoms with van der Waals surface area (Å²) in [6, 6.07) is -0.468. The van der Waals surface area contributed by atoms with Crippen molar-refractivity contribution in [2.75, 3.05) is 13.1 Å². The molecular formula is C13H20N2O4. The van der Waals surface area contributed by atoms with E-state index in [9.17, 15) is 19.5 Å². The number of likely N-dealkylation sites (tertiary alicyclic amines) is 1. The monoisotopic (exact) mass is 268 g/mol. The molecule has 0 bridgehead atoms. The number of aliphatic carboxylic acids is 1. The van der Waals surface area contributed by atoms with E-state index in [2.05, 4.69) is 5.32 Å². The number of carboxylic acid groups (broad SMARTS) is 1. The number of hydrogen-bond donors (Lipinski definition) is 2. The maximum Gasteiger partial charge on any atom is 0.311 e. The Morgan fingerprint density at radius 3 is 2.58 bits per heavy atom. The van der Waals surface area contributed by atoms with Gasteiger partial charge in [-0.15, -0.1) is 0 Å². The van der Waals surface area contributed by atoms with Gasteiger partial charge in [0.25, 0.3) is 0 Å².